The van der Waals surface area contributed by atoms with Gasteiger partial charge in [0.2, 0.25) is 11.8 Å². The molecule has 3 aromatic heterocycles. The first kappa shape index (κ1) is 28.4. The summed E-state index contributed by atoms with van der Waals surface area (Å²) in [7, 11) is 0. The molecule has 5 aromatic rings. The van der Waals surface area contributed by atoms with Crippen LogP contribution in [0, 0.1) is 0 Å². The van der Waals surface area contributed by atoms with Crippen molar-refractivity contribution in [1.82, 2.24) is 34.9 Å². The number of nitrogens with two attached hydrogens (primary N) is 1. The summed E-state index contributed by atoms with van der Waals surface area (Å²) in [6, 6.07) is 14.9. The van der Waals surface area contributed by atoms with Gasteiger partial charge in [-0.15, -0.1) is 5.10 Å². The van der Waals surface area contributed by atoms with E-state index in [4.69, 9.17) is 15.5 Å². The molecule has 12 heteroatoms. The molecule has 0 radical (unpaired) electrons. The Bertz CT molecular complexity index is 1880. The highest BCUT2D eigenvalue weighted by molar-refractivity contribution is 5.91. The molecule has 0 saturated carbocycles. The zero-order valence-corrected chi connectivity index (χ0v) is 25.1. The van der Waals surface area contributed by atoms with Crippen molar-refractivity contribution in [2.24, 2.45) is 0 Å². The van der Waals surface area contributed by atoms with E-state index in [1.807, 2.05) is 12.1 Å². The number of carbonyl (C=O) groups excluding carboxylic acids is 1. The summed E-state index contributed by atoms with van der Waals surface area (Å²) in [6.07, 6.45) is 7.12. The van der Waals surface area contributed by atoms with Crippen LogP contribution in [0.2, 0.25) is 0 Å². The molecule has 0 atom stereocenters. The van der Waals surface area contributed by atoms with Gasteiger partial charge in [0.05, 0.1) is 25.1 Å². The first-order valence-corrected chi connectivity index (χ1v) is 15.0. The molecule has 228 valence electrons. The second kappa shape index (κ2) is 12.0. The van der Waals surface area contributed by atoms with E-state index in [1.54, 1.807) is 23.1 Å². The second-order valence-electron chi connectivity index (χ2n) is 11.3. The van der Waals surface area contributed by atoms with Crippen LogP contribution in [0.15, 0.2) is 73.3 Å². The first-order valence-electron chi connectivity index (χ1n) is 15.0. The van der Waals surface area contributed by atoms with Gasteiger partial charge < -0.3 is 25.6 Å². The summed E-state index contributed by atoms with van der Waals surface area (Å²) in [6.45, 7) is 9.99. The van der Waals surface area contributed by atoms with Gasteiger partial charge in [-0.25, -0.2) is 19.5 Å². The molecule has 5 heterocycles. The molecule has 0 unspecified atom stereocenters. The summed E-state index contributed by atoms with van der Waals surface area (Å²) in [5.41, 5.74) is 14.4. The van der Waals surface area contributed by atoms with E-state index >= 15 is 0 Å². The molecule has 0 spiro atoms. The van der Waals surface area contributed by atoms with Crippen LogP contribution in [0.25, 0.3) is 28.0 Å². The lowest BCUT2D eigenvalue weighted by Gasteiger charge is -2.31. The normalized spacial score (nSPS) is 14.8. The van der Waals surface area contributed by atoms with Gasteiger partial charge in [-0.1, -0.05) is 36.9 Å². The lowest BCUT2D eigenvalue weighted by Crippen LogP contribution is -2.37. The van der Waals surface area contributed by atoms with E-state index < -0.39 is 0 Å². The lowest BCUT2D eigenvalue weighted by molar-refractivity contribution is 0.0940. The standard InChI is InChI=1S/C33H34N10O2/c1-21(2)42-11-3-4-25-16-24(9-10-28(25)42)23-7-5-22(6-8-23)17-35-32(44)29-39-31-30(41-12-14-45-15-13-41)38-27(20-43(31)40-29)26-18-36-33(34)37-19-26/h5-10,16,18-20H,1,3-4,11-15,17H2,2H3,(H,35,44)(H2,34,36,37). The number of anilines is 3. The van der Waals surface area contributed by atoms with Gasteiger partial charge in [0.25, 0.3) is 5.91 Å². The van der Waals surface area contributed by atoms with Crippen LogP contribution in [-0.4, -0.2) is 68.3 Å². The quantitative estimate of drug-likeness (QED) is 0.282. The molecule has 2 aliphatic heterocycles. The number of allylic oxidation sites excluding steroid dienone is 1. The molecular formula is C33H34N10O2. The highest BCUT2D eigenvalue weighted by Crippen LogP contribution is 2.33. The topological polar surface area (TPSA) is 140 Å². The van der Waals surface area contributed by atoms with E-state index in [0.717, 1.165) is 36.2 Å². The maximum absolute atomic E-state index is 13.2. The Morgan fingerprint density at radius 1 is 1.00 bits per heavy atom. The fourth-order valence-electron chi connectivity index (χ4n) is 5.82. The molecule has 0 bridgehead atoms. The third kappa shape index (κ3) is 5.79. The number of rotatable bonds is 7. The average Bonchev–Trinajstić information content (AvgIpc) is 3.52. The molecule has 45 heavy (non-hydrogen) atoms. The number of aryl methyl sites for hydroxylation is 1. The Morgan fingerprint density at radius 2 is 1.76 bits per heavy atom. The number of hydrogen-bond donors (Lipinski definition) is 2. The maximum Gasteiger partial charge on any atom is 0.291 e. The first-order chi connectivity index (χ1) is 21.9. The Balaban J connectivity index is 1.08. The number of carbonyl (C=O) groups is 1. The number of nitrogens with one attached hydrogen (secondary N) is 1. The minimum atomic E-state index is -0.371. The van der Waals surface area contributed by atoms with Crippen LogP contribution in [0.5, 0.6) is 0 Å². The Kier molecular flexibility index (Phi) is 7.55. The van der Waals surface area contributed by atoms with E-state index in [1.165, 1.54) is 16.8 Å². The summed E-state index contributed by atoms with van der Waals surface area (Å²) in [4.78, 5) is 35.2. The van der Waals surface area contributed by atoms with Crippen molar-refractivity contribution in [2.45, 2.75) is 26.3 Å². The van der Waals surface area contributed by atoms with Crippen molar-refractivity contribution in [3.63, 3.8) is 0 Å². The maximum atomic E-state index is 13.2. The number of nitrogen functional groups attached to an aromatic ring is 1. The van der Waals surface area contributed by atoms with Gasteiger partial charge in [0.1, 0.15) is 0 Å². The highest BCUT2D eigenvalue weighted by Gasteiger charge is 2.23. The number of morpholine rings is 1. The molecule has 0 aliphatic carbocycles. The summed E-state index contributed by atoms with van der Waals surface area (Å²) < 4.78 is 7.11. The van der Waals surface area contributed by atoms with Gasteiger partial charge in [-0.2, -0.15) is 4.98 Å². The fourth-order valence-corrected chi connectivity index (χ4v) is 5.82. The zero-order chi connectivity index (χ0) is 30.9. The number of amides is 1. The van der Waals surface area contributed by atoms with Crippen molar-refractivity contribution in [1.29, 1.82) is 0 Å². The molecule has 1 amide bonds. The van der Waals surface area contributed by atoms with Gasteiger partial charge >= 0.3 is 0 Å². The predicted octanol–water partition coefficient (Wildman–Crippen LogP) is 3.88. The molecule has 3 N–H and O–H groups in total. The Labute approximate surface area is 260 Å². The molecule has 2 aromatic carbocycles. The van der Waals surface area contributed by atoms with E-state index in [-0.39, 0.29) is 17.7 Å². The largest absolute Gasteiger partial charge is 0.378 e. The van der Waals surface area contributed by atoms with Crippen LogP contribution in [0.4, 0.5) is 17.5 Å². The summed E-state index contributed by atoms with van der Waals surface area (Å²) >= 11 is 0. The number of ether oxygens (including phenoxy) is 1. The average molecular weight is 603 g/mol. The number of nitrogens with zero attached hydrogens (tertiary/aromatic N) is 8. The smallest absolute Gasteiger partial charge is 0.291 e. The number of hydrogen-bond acceptors (Lipinski definition) is 10. The number of aromatic nitrogens is 6. The van der Waals surface area contributed by atoms with E-state index in [0.29, 0.717) is 55.6 Å². The fraction of sp³-hybridized carbons (Fsp3) is 0.273. The van der Waals surface area contributed by atoms with E-state index in [9.17, 15) is 4.79 Å². The molecule has 7 rings (SSSR count). The van der Waals surface area contributed by atoms with Crippen LogP contribution >= 0.6 is 0 Å². The molecule has 2 aliphatic rings. The lowest BCUT2D eigenvalue weighted by atomic mass is 9.95. The summed E-state index contributed by atoms with van der Waals surface area (Å²) in [5.74, 6) is 0.483. The minimum Gasteiger partial charge on any atom is -0.378 e. The van der Waals surface area contributed by atoms with Crippen molar-refractivity contribution >= 4 is 29.0 Å². The number of benzene rings is 2. The van der Waals surface area contributed by atoms with Crippen LogP contribution in [0.1, 0.15) is 35.1 Å². The van der Waals surface area contributed by atoms with Gasteiger partial charge in [0, 0.05) is 55.5 Å². The van der Waals surface area contributed by atoms with Crippen molar-refractivity contribution in [3.05, 3.63) is 90.3 Å². The van der Waals surface area contributed by atoms with E-state index in [2.05, 4.69) is 79.0 Å². The van der Waals surface area contributed by atoms with Gasteiger partial charge in [0.15, 0.2) is 11.5 Å². The third-order valence-corrected chi connectivity index (χ3v) is 8.18. The van der Waals surface area contributed by atoms with Crippen molar-refractivity contribution in [3.8, 4) is 22.4 Å². The highest BCUT2D eigenvalue weighted by atomic mass is 16.5. The van der Waals surface area contributed by atoms with Crippen molar-refractivity contribution in [2.75, 3.05) is 48.4 Å². The predicted molar refractivity (Wildman–Crippen MR) is 173 cm³/mol. The molecule has 1 saturated heterocycles. The minimum absolute atomic E-state index is 0.0616. The zero-order valence-electron chi connectivity index (χ0n) is 25.1. The summed E-state index contributed by atoms with van der Waals surface area (Å²) in [5, 5.41) is 7.47. The monoisotopic (exact) mass is 602 g/mol. The van der Waals surface area contributed by atoms with Gasteiger partial charge in [-0.05, 0) is 54.2 Å². The van der Waals surface area contributed by atoms with Crippen molar-refractivity contribution < 1.29 is 9.53 Å². The van der Waals surface area contributed by atoms with Crippen LogP contribution in [0.3, 0.4) is 0 Å². The Hall–Kier alpha value is -5.36. The second-order valence-corrected chi connectivity index (χ2v) is 11.3. The molecular weight excluding hydrogens is 568 g/mol. The molecule has 12 nitrogen and oxygen atoms in total. The number of fused-ring (bicyclic) bond motifs is 2. The van der Waals surface area contributed by atoms with Crippen LogP contribution in [-0.2, 0) is 17.7 Å². The van der Waals surface area contributed by atoms with Crippen LogP contribution < -0.4 is 20.9 Å². The van der Waals surface area contributed by atoms with Gasteiger partial charge in [-0.3, -0.25) is 4.79 Å². The Morgan fingerprint density at radius 3 is 2.51 bits per heavy atom. The SMILES string of the molecule is C=C(C)N1CCCc2cc(-c3ccc(CNC(=O)c4nc5c(N6CCOCC6)nc(-c6cnc(N)nc6)cn5n4)cc3)ccc21. The third-order valence-electron chi connectivity index (χ3n) is 8.18. The molecule has 1 fully saturated rings.